The van der Waals surface area contributed by atoms with Crippen molar-refractivity contribution in [3.63, 3.8) is 0 Å². The number of aromatic nitrogens is 2. The van der Waals surface area contributed by atoms with Crippen molar-refractivity contribution in [2.45, 2.75) is 31.8 Å². The van der Waals surface area contributed by atoms with Crippen LogP contribution in [0.5, 0.6) is 0 Å². The fourth-order valence-electron chi connectivity index (χ4n) is 1.77. The molecule has 0 aliphatic heterocycles. The van der Waals surface area contributed by atoms with Crippen molar-refractivity contribution in [1.29, 1.82) is 0 Å². The smallest absolute Gasteiger partial charge is 0.230 e. The average Bonchev–Trinajstić information content (AvgIpc) is 2.72. The van der Waals surface area contributed by atoms with Crippen LogP contribution in [-0.2, 0) is 4.79 Å². The molecule has 0 aromatic carbocycles. The van der Waals surface area contributed by atoms with Gasteiger partial charge in [0.25, 0.3) is 0 Å². The first-order valence-electron chi connectivity index (χ1n) is 6.35. The van der Waals surface area contributed by atoms with Gasteiger partial charge in [-0.25, -0.2) is 9.97 Å². The van der Waals surface area contributed by atoms with Gasteiger partial charge in [-0.1, -0.05) is 11.8 Å². The Bertz CT molecular complexity index is 626. The van der Waals surface area contributed by atoms with E-state index in [2.05, 4.69) is 29.1 Å². The molecule has 108 valence electrons. The second-order valence-electron chi connectivity index (χ2n) is 4.64. The first-order chi connectivity index (χ1) is 9.52. The van der Waals surface area contributed by atoms with E-state index < -0.39 is 0 Å². The lowest BCUT2D eigenvalue weighted by Crippen LogP contribution is -2.38. The molecular weight excluding hydrogens is 292 g/mol. The zero-order valence-electron chi connectivity index (χ0n) is 11.8. The third-order valence-electron chi connectivity index (χ3n) is 3.03. The van der Waals surface area contributed by atoms with E-state index in [1.54, 1.807) is 17.7 Å². The highest BCUT2D eigenvalue weighted by Crippen LogP contribution is 2.34. The number of aryl methyl sites for hydroxylation is 2. The summed E-state index contributed by atoms with van der Waals surface area (Å²) in [5, 5.41) is 4.78. The Hall–Kier alpha value is -1.18. The van der Waals surface area contributed by atoms with Crippen LogP contribution in [0.1, 0.15) is 17.4 Å². The summed E-state index contributed by atoms with van der Waals surface area (Å²) in [4.78, 5) is 22.6. The number of fused-ring (bicyclic) bond motifs is 1. The van der Waals surface area contributed by atoms with Crippen molar-refractivity contribution >= 4 is 39.2 Å². The molecule has 2 aromatic heterocycles. The molecule has 20 heavy (non-hydrogen) atoms. The summed E-state index contributed by atoms with van der Waals surface area (Å²) in [7, 11) is 0. The Morgan fingerprint density at radius 1 is 1.50 bits per heavy atom. The van der Waals surface area contributed by atoms with Crippen LogP contribution in [-0.4, -0.2) is 34.2 Å². The molecule has 3 N–H and O–H groups in total. The maximum Gasteiger partial charge on any atom is 0.230 e. The van der Waals surface area contributed by atoms with Crippen molar-refractivity contribution in [2.75, 3.05) is 12.3 Å². The molecule has 0 aliphatic rings. The Balaban J connectivity index is 2.12. The highest BCUT2D eigenvalue weighted by atomic mass is 32.2. The van der Waals surface area contributed by atoms with Crippen molar-refractivity contribution in [3.8, 4) is 0 Å². The molecule has 0 unspecified atom stereocenters. The molecule has 0 spiro atoms. The maximum atomic E-state index is 11.8. The third kappa shape index (κ3) is 3.28. The quantitative estimate of drug-likeness (QED) is 0.651. The standard InChI is InChI=1S/C13H18N4OS2/c1-7(4-14)17-10(18)5-19-12-11-8(2)9(3)20-13(11)16-6-15-12/h6-7H,4-5,14H2,1-3H3,(H,17,18)/t7-/m0/s1. The van der Waals surface area contributed by atoms with E-state index in [1.807, 2.05) is 6.92 Å². The van der Waals surface area contributed by atoms with Gasteiger partial charge in [0.05, 0.1) is 5.75 Å². The Morgan fingerprint density at radius 3 is 2.95 bits per heavy atom. The number of rotatable bonds is 5. The lowest BCUT2D eigenvalue weighted by atomic mass is 10.2. The summed E-state index contributed by atoms with van der Waals surface area (Å²) in [6.45, 7) is 6.47. The van der Waals surface area contributed by atoms with Gasteiger partial charge in [0, 0.05) is 22.8 Å². The molecule has 2 rings (SSSR count). The van der Waals surface area contributed by atoms with Gasteiger partial charge >= 0.3 is 0 Å². The van der Waals surface area contributed by atoms with Gasteiger partial charge in [-0.3, -0.25) is 4.79 Å². The number of nitrogens with one attached hydrogen (secondary N) is 1. The molecule has 5 nitrogen and oxygen atoms in total. The minimum Gasteiger partial charge on any atom is -0.352 e. The predicted octanol–water partition coefficient (Wildman–Crippen LogP) is 1.86. The van der Waals surface area contributed by atoms with Gasteiger partial charge in [-0.2, -0.15) is 0 Å². The molecule has 7 heteroatoms. The largest absolute Gasteiger partial charge is 0.352 e. The third-order valence-corrected chi connectivity index (χ3v) is 5.14. The van der Waals surface area contributed by atoms with Crippen molar-refractivity contribution in [3.05, 3.63) is 16.8 Å². The van der Waals surface area contributed by atoms with Crippen LogP contribution in [0.25, 0.3) is 10.2 Å². The van der Waals surface area contributed by atoms with Crippen molar-refractivity contribution < 1.29 is 4.79 Å². The number of hydrogen-bond donors (Lipinski definition) is 2. The zero-order chi connectivity index (χ0) is 14.7. The van der Waals surface area contributed by atoms with Gasteiger partial charge in [0.1, 0.15) is 16.2 Å². The average molecular weight is 310 g/mol. The molecule has 2 aromatic rings. The molecule has 0 aliphatic carbocycles. The number of carbonyl (C=O) groups excluding carboxylic acids is 1. The van der Waals surface area contributed by atoms with E-state index in [1.165, 1.54) is 22.2 Å². The van der Waals surface area contributed by atoms with E-state index in [0.717, 1.165) is 15.2 Å². The highest BCUT2D eigenvalue weighted by molar-refractivity contribution is 8.00. The van der Waals surface area contributed by atoms with Crippen LogP contribution in [0.2, 0.25) is 0 Å². The summed E-state index contributed by atoms with van der Waals surface area (Å²) in [6, 6.07) is -0.00125. The number of amides is 1. The number of thiophene rings is 1. The summed E-state index contributed by atoms with van der Waals surface area (Å²) < 4.78 is 0. The second kappa shape index (κ2) is 6.51. The van der Waals surface area contributed by atoms with Crippen LogP contribution >= 0.6 is 23.1 Å². The first-order valence-corrected chi connectivity index (χ1v) is 8.16. The number of thioether (sulfide) groups is 1. The fraction of sp³-hybridized carbons (Fsp3) is 0.462. The minimum atomic E-state index is -0.0238. The molecule has 0 saturated carbocycles. The van der Waals surface area contributed by atoms with Gasteiger partial charge in [0.15, 0.2) is 0 Å². The molecule has 0 radical (unpaired) electrons. The van der Waals surface area contributed by atoms with Gasteiger partial charge in [-0.05, 0) is 26.3 Å². The van der Waals surface area contributed by atoms with E-state index in [9.17, 15) is 4.79 Å². The lowest BCUT2D eigenvalue weighted by Gasteiger charge is -2.10. The molecular formula is C13H18N4OS2. The Kier molecular flexibility index (Phi) is 4.95. The van der Waals surface area contributed by atoms with Crippen molar-refractivity contribution in [1.82, 2.24) is 15.3 Å². The summed E-state index contributed by atoms with van der Waals surface area (Å²) in [5.74, 6) is 0.314. The van der Waals surface area contributed by atoms with Crippen LogP contribution in [0.3, 0.4) is 0 Å². The number of nitrogens with two attached hydrogens (primary N) is 1. The molecule has 0 saturated heterocycles. The summed E-state index contributed by atoms with van der Waals surface area (Å²) in [6.07, 6.45) is 1.56. The van der Waals surface area contributed by atoms with Crippen LogP contribution in [0.4, 0.5) is 0 Å². The second-order valence-corrected chi connectivity index (χ2v) is 6.80. The topological polar surface area (TPSA) is 80.9 Å². The van der Waals surface area contributed by atoms with Gasteiger partial charge in [0.2, 0.25) is 5.91 Å². The van der Waals surface area contributed by atoms with Crippen LogP contribution in [0, 0.1) is 13.8 Å². The minimum absolute atomic E-state index is 0.00125. The van der Waals surface area contributed by atoms with E-state index in [0.29, 0.717) is 12.3 Å². The lowest BCUT2D eigenvalue weighted by molar-refractivity contribution is -0.119. The maximum absolute atomic E-state index is 11.8. The highest BCUT2D eigenvalue weighted by Gasteiger charge is 2.14. The number of carbonyl (C=O) groups is 1. The van der Waals surface area contributed by atoms with E-state index in [-0.39, 0.29) is 11.9 Å². The molecule has 1 atom stereocenters. The molecule has 0 bridgehead atoms. The molecule has 2 heterocycles. The zero-order valence-corrected chi connectivity index (χ0v) is 13.4. The normalized spacial score (nSPS) is 12.6. The Labute approximate surface area is 126 Å². The summed E-state index contributed by atoms with van der Waals surface area (Å²) >= 11 is 3.10. The van der Waals surface area contributed by atoms with E-state index in [4.69, 9.17) is 5.73 Å². The fourth-order valence-corrected chi connectivity index (χ4v) is 3.70. The summed E-state index contributed by atoms with van der Waals surface area (Å²) in [5.41, 5.74) is 6.68. The SMILES string of the molecule is Cc1sc2ncnc(SCC(=O)N[C@@H](C)CN)c2c1C. The monoisotopic (exact) mass is 310 g/mol. The van der Waals surface area contributed by atoms with Gasteiger partial charge < -0.3 is 11.1 Å². The molecule has 0 fully saturated rings. The first kappa shape index (κ1) is 15.2. The number of hydrogen-bond acceptors (Lipinski definition) is 6. The predicted molar refractivity (Wildman–Crippen MR) is 84.3 cm³/mol. The molecule has 1 amide bonds. The van der Waals surface area contributed by atoms with E-state index >= 15 is 0 Å². The van der Waals surface area contributed by atoms with Crippen molar-refractivity contribution in [2.24, 2.45) is 5.73 Å². The Morgan fingerprint density at radius 2 is 2.25 bits per heavy atom. The van der Waals surface area contributed by atoms with Gasteiger partial charge in [-0.15, -0.1) is 11.3 Å². The number of nitrogens with zero attached hydrogens (tertiary/aromatic N) is 2. The van der Waals surface area contributed by atoms with Crippen LogP contribution < -0.4 is 11.1 Å². The van der Waals surface area contributed by atoms with Crippen LogP contribution in [0.15, 0.2) is 11.4 Å².